The number of nitrogens with zero attached hydrogens (tertiary/aromatic N) is 3. The topological polar surface area (TPSA) is 46.5 Å². The summed E-state index contributed by atoms with van der Waals surface area (Å²) in [6.45, 7) is 0. The molecule has 0 atom stereocenters. The Hall–Kier alpha value is -0.520. The zero-order valence-corrected chi connectivity index (χ0v) is 24.2. The lowest BCUT2D eigenvalue weighted by Crippen LogP contribution is -1.84. The highest BCUT2D eigenvalue weighted by Gasteiger charge is 2.22. The van der Waals surface area contributed by atoms with Crippen molar-refractivity contribution >= 4 is 139 Å². The van der Waals surface area contributed by atoms with Crippen LogP contribution in [0.15, 0.2) is 43.7 Å². The second-order valence-electron chi connectivity index (χ2n) is 6.53. The third-order valence-corrected chi connectivity index (χ3v) is 10.3. The van der Waals surface area contributed by atoms with Gasteiger partial charge in [0.15, 0.2) is 0 Å². The molecule has 5 heterocycles. The van der Waals surface area contributed by atoms with E-state index in [1.807, 2.05) is 46.1 Å². The van der Waals surface area contributed by atoms with Gasteiger partial charge in [-0.3, -0.25) is 3.59 Å². The van der Waals surface area contributed by atoms with Crippen LogP contribution in [0.1, 0.15) is 22.8 Å². The van der Waals surface area contributed by atoms with E-state index in [1.54, 1.807) is 0 Å². The molecule has 150 valence electrons. The molecule has 0 fully saturated rings. The van der Waals surface area contributed by atoms with E-state index >= 15 is 0 Å². The van der Waals surface area contributed by atoms with Crippen molar-refractivity contribution in [3.63, 3.8) is 0 Å². The number of hydrogen-bond acceptors (Lipinski definition) is 2. The summed E-state index contributed by atoms with van der Waals surface area (Å²) >= 11 is 22.2. The van der Waals surface area contributed by atoms with Gasteiger partial charge in [0.1, 0.15) is 0 Å². The first-order valence-corrected chi connectivity index (χ1v) is 13.2. The van der Waals surface area contributed by atoms with Gasteiger partial charge < -0.3 is 4.98 Å². The van der Waals surface area contributed by atoms with Gasteiger partial charge in [0, 0.05) is 11.0 Å². The van der Waals surface area contributed by atoms with Crippen LogP contribution < -0.4 is 0 Å². The molecule has 0 aromatic carbocycles. The fourth-order valence-corrected chi connectivity index (χ4v) is 7.68. The van der Waals surface area contributed by atoms with Crippen LogP contribution in [0.4, 0.5) is 0 Å². The molecule has 0 spiro atoms. The highest BCUT2D eigenvalue weighted by atomic mass is 79.9. The first kappa shape index (κ1) is 21.3. The minimum absolute atomic E-state index is 0.783. The van der Waals surface area contributed by atoms with Gasteiger partial charge in [0.2, 0.25) is 0 Å². The molecule has 3 aromatic heterocycles. The van der Waals surface area contributed by atoms with Crippen molar-refractivity contribution in [2.24, 2.45) is 0 Å². The molecular weight excluding hydrogens is 776 g/mol. The van der Waals surface area contributed by atoms with Gasteiger partial charge in [-0.1, -0.05) is 0 Å². The predicted octanol–water partition coefficient (Wildman–Crippen LogP) is 9.02. The fraction of sp³-hybridized carbons (Fsp3) is 0. The monoisotopic (exact) mass is 778 g/mol. The van der Waals surface area contributed by atoms with E-state index in [1.165, 1.54) is 0 Å². The molecule has 4 nitrogen and oxygen atoms in total. The summed E-state index contributed by atoms with van der Waals surface area (Å²) in [6.07, 6.45) is 4.00. The molecule has 5 rings (SSSR count). The maximum absolute atomic E-state index is 4.85. The lowest BCUT2D eigenvalue weighted by Gasteiger charge is -2.00. The first-order chi connectivity index (χ1) is 14.3. The third-order valence-electron chi connectivity index (χ3n) is 4.60. The Kier molecular flexibility index (Phi) is 5.77. The van der Waals surface area contributed by atoms with Crippen molar-refractivity contribution in [1.82, 2.24) is 18.5 Å². The Morgan fingerprint density at radius 2 is 1.40 bits per heavy atom. The lowest BCUT2D eigenvalue weighted by molar-refractivity contribution is 1.29. The zero-order valence-electron chi connectivity index (χ0n) is 14.7. The van der Waals surface area contributed by atoms with E-state index in [0.717, 1.165) is 67.2 Å². The van der Waals surface area contributed by atoms with Crippen molar-refractivity contribution in [2.75, 3.05) is 0 Å². The Balaban J connectivity index is 2.01. The second kappa shape index (κ2) is 8.12. The van der Waals surface area contributed by atoms with Gasteiger partial charge >= 0.3 is 0 Å². The van der Waals surface area contributed by atoms with Crippen molar-refractivity contribution in [3.05, 3.63) is 66.5 Å². The molecule has 8 bridgehead atoms. The summed E-state index contributed by atoms with van der Waals surface area (Å²) in [7, 11) is 0. The maximum Gasteiger partial charge on any atom is 0.0955 e. The molecule has 30 heavy (non-hydrogen) atoms. The number of fused-ring (bicyclic) bond motifs is 8. The largest absolute Gasteiger partial charge is 0.355 e. The molecule has 2 aliphatic rings. The molecule has 0 unspecified atom stereocenters. The fourth-order valence-electron chi connectivity index (χ4n) is 3.20. The third kappa shape index (κ3) is 3.57. The Labute approximate surface area is 221 Å². The van der Waals surface area contributed by atoms with Gasteiger partial charge in [-0.2, -0.15) is 0 Å². The van der Waals surface area contributed by atoms with E-state index in [4.69, 9.17) is 9.97 Å². The summed E-state index contributed by atoms with van der Waals surface area (Å²) in [5, 5.41) is 0. The average Bonchev–Trinajstić information content (AvgIpc) is 3.45. The van der Waals surface area contributed by atoms with E-state index in [9.17, 15) is 0 Å². The number of halogens is 6. The van der Waals surface area contributed by atoms with Crippen molar-refractivity contribution in [1.29, 1.82) is 0 Å². The average molecular weight is 784 g/mol. The summed E-state index contributed by atoms with van der Waals surface area (Å²) in [4.78, 5) is 13.0. The summed E-state index contributed by atoms with van der Waals surface area (Å²) in [5.41, 5.74) is 7.08. The standard InChI is InChI=1S/C20H8Br6N4/c21-14-12-6-10-3-1-8(27-10)5-9-2-4-11(28-9)7-13-15(22)17(24)20(30(13)26)18(25)19(29-12)16(14)23/h1-7,27H. The van der Waals surface area contributed by atoms with Gasteiger partial charge in [-0.05, 0) is 122 Å². The van der Waals surface area contributed by atoms with Crippen LogP contribution in [0.5, 0.6) is 0 Å². The van der Waals surface area contributed by atoms with Gasteiger partial charge in [0.25, 0.3) is 0 Å². The van der Waals surface area contributed by atoms with Crippen LogP contribution in [0.25, 0.3) is 43.2 Å². The van der Waals surface area contributed by atoms with Gasteiger partial charge in [-0.25, -0.2) is 9.97 Å². The normalized spacial score (nSPS) is 13.4. The van der Waals surface area contributed by atoms with E-state index in [0.29, 0.717) is 0 Å². The zero-order chi connectivity index (χ0) is 21.2. The number of aromatic amines is 1. The van der Waals surface area contributed by atoms with Crippen LogP contribution in [-0.4, -0.2) is 18.5 Å². The highest BCUT2D eigenvalue weighted by Crippen LogP contribution is 2.45. The number of hydrogen-bond donors (Lipinski definition) is 1. The second-order valence-corrected chi connectivity index (χ2v) is 11.2. The molecule has 0 radical (unpaired) electrons. The SMILES string of the molecule is BrC1=C(Br)c2nc1cc1ccc(cc3nc(cc4c(Br)c(Br)c(c2Br)n4Br)C=C3)[nH]1. The van der Waals surface area contributed by atoms with Crippen LogP contribution >= 0.6 is 95.8 Å². The number of nitrogens with one attached hydrogen (secondary N) is 1. The molecule has 3 aromatic rings. The summed E-state index contributed by atoms with van der Waals surface area (Å²) < 4.78 is 6.30. The molecule has 10 heteroatoms. The summed E-state index contributed by atoms with van der Waals surface area (Å²) in [6, 6.07) is 10.1. The van der Waals surface area contributed by atoms with Crippen molar-refractivity contribution < 1.29 is 0 Å². The minimum Gasteiger partial charge on any atom is -0.355 e. The van der Waals surface area contributed by atoms with Crippen LogP contribution in [-0.2, 0) is 0 Å². The molecular formula is C20H8Br6N4. The lowest BCUT2D eigenvalue weighted by atomic mass is 10.3. The molecule has 0 aliphatic carbocycles. The van der Waals surface area contributed by atoms with Gasteiger partial charge in [-0.15, -0.1) is 0 Å². The Bertz CT molecular complexity index is 1460. The highest BCUT2D eigenvalue weighted by molar-refractivity contribution is 9.18. The molecule has 0 saturated heterocycles. The quantitative estimate of drug-likeness (QED) is 0.194. The molecule has 0 saturated carbocycles. The van der Waals surface area contributed by atoms with Crippen LogP contribution in [0, 0.1) is 0 Å². The maximum atomic E-state index is 4.85. The smallest absolute Gasteiger partial charge is 0.0955 e. The van der Waals surface area contributed by atoms with Crippen molar-refractivity contribution in [3.8, 4) is 0 Å². The van der Waals surface area contributed by atoms with Gasteiger partial charge in [0.05, 0.1) is 72.3 Å². The molecule has 2 aliphatic heterocycles. The van der Waals surface area contributed by atoms with E-state index < -0.39 is 0 Å². The number of rotatable bonds is 0. The van der Waals surface area contributed by atoms with Crippen molar-refractivity contribution in [2.45, 2.75) is 0 Å². The van der Waals surface area contributed by atoms with Crippen LogP contribution in [0.2, 0.25) is 0 Å². The van der Waals surface area contributed by atoms with Crippen LogP contribution in [0.3, 0.4) is 0 Å². The predicted molar refractivity (Wildman–Crippen MR) is 146 cm³/mol. The Morgan fingerprint density at radius 1 is 0.733 bits per heavy atom. The van der Waals surface area contributed by atoms with E-state index in [2.05, 4.69) is 101 Å². The number of aromatic nitrogens is 4. The van der Waals surface area contributed by atoms with E-state index in [-0.39, 0.29) is 0 Å². The summed E-state index contributed by atoms with van der Waals surface area (Å²) in [5.74, 6) is 0. The molecule has 0 amide bonds. The molecule has 1 N–H and O–H groups in total. The number of H-pyrrole nitrogens is 1. The minimum atomic E-state index is 0.783. The Morgan fingerprint density at radius 3 is 2.13 bits per heavy atom. The first-order valence-electron chi connectivity index (χ1n) is 8.51.